The number of benzene rings is 2. The van der Waals surface area contributed by atoms with Gasteiger partial charge in [0.2, 0.25) is 12.2 Å². The highest BCUT2D eigenvalue weighted by molar-refractivity contribution is 5.63. The third-order valence-corrected chi connectivity index (χ3v) is 5.18. The van der Waals surface area contributed by atoms with E-state index in [2.05, 4.69) is 0 Å². The molecule has 1 heterocycles. The predicted molar refractivity (Wildman–Crippen MR) is 104 cm³/mol. The van der Waals surface area contributed by atoms with Crippen LogP contribution in [0.15, 0.2) is 24.3 Å². The second-order valence-corrected chi connectivity index (χ2v) is 6.52. The molecule has 7 nitrogen and oxygen atoms in total. The summed E-state index contributed by atoms with van der Waals surface area (Å²) in [6.45, 7) is 0.544. The summed E-state index contributed by atoms with van der Waals surface area (Å²) in [6, 6.07) is 7.03. The summed E-state index contributed by atoms with van der Waals surface area (Å²) in [6.07, 6.45) is 1.89. The SMILES string of the molecule is COc1ccc(OC)c(CC2c3c(cc(OC)c(OC)c3O)CCN2C=O)c1. The molecule has 2 aromatic carbocycles. The van der Waals surface area contributed by atoms with Crippen molar-refractivity contribution in [2.24, 2.45) is 0 Å². The highest BCUT2D eigenvalue weighted by Gasteiger charge is 2.33. The van der Waals surface area contributed by atoms with Gasteiger partial charge in [0.05, 0.1) is 34.5 Å². The maximum absolute atomic E-state index is 11.8. The Morgan fingerprint density at radius 1 is 1.07 bits per heavy atom. The minimum atomic E-state index is -0.373. The van der Waals surface area contributed by atoms with Crippen molar-refractivity contribution in [3.05, 3.63) is 41.0 Å². The van der Waals surface area contributed by atoms with Gasteiger partial charge in [-0.25, -0.2) is 0 Å². The van der Waals surface area contributed by atoms with Gasteiger partial charge in [-0.1, -0.05) is 0 Å². The number of carbonyl (C=O) groups is 1. The number of hydrogen-bond donors (Lipinski definition) is 1. The second-order valence-electron chi connectivity index (χ2n) is 6.52. The van der Waals surface area contributed by atoms with Gasteiger partial charge in [0.25, 0.3) is 0 Å². The van der Waals surface area contributed by atoms with Crippen LogP contribution in [0.4, 0.5) is 0 Å². The summed E-state index contributed by atoms with van der Waals surface area (Å²) in [7, 11) is 6.21. The van der Waals surface area contributed by atoms with Gasteiger partial charge in [-0.15, -0.1) is 0 Å². The summed E-state index contributed by atoms with van der Waals surface area (Å²) in [5.41, 5.74) is 2.47. The molecule has 1 amide bonds. The Bertz CT molecular complexity index is 866. The lowest BCUT2D eigenvalue weighted by atomic mass is 9.87. The molecular formula is C21H25NO6. The molecule has 28 heavy (non-hydrogen) atoms. The van der Waals surface area contributed by atoms with Crippen molar-refractivity contribution in [3.63, 3.8) is 0 Å². The maximum Gasteiger partial charge on any atom is 0.210 e. The molecule has 1 aliphatic heterocycles. The average Bonchev–Trinajstić information content (AvgIpc) is 2.73. The van der Waals surface area contributed by atoms with E-state index in [4.69, 9.17) is 18.9 Å². The number of nitrogens with zero attached hydrogens (tertiary/aromatic N) is 1. The van der Waals surface area contributed by atoms with Crippen LogP contribution < -0.4 is 18.9 Å². The molecule has 0 fully saturated rings. The number of amides is 1. The standard InChI is InChI=1S/C21H25NO6/c1-25-15-5-6-17(26-2)14(9-15)10-16-19-13(7-8-22(16)12-23)11-18(27-3)21(28-4)20(19)24/h5-6,9,11-12,16,24H,7-8,10H2,1-4H3. The van der Waals surface area contributed by atoms with Crippen LogP contribution in [0.2, 0.25) is 0 Å². The quantitative estimate of drug-likeness (QED) is 0.736. The smallest absolute Gasteiger partial charge is 0.210 e. The van der Waals surface area contributed by atoms with Gasteiger partial charge in [-0.3, -0.25) is 4.79 Å². The van der Waals surface area contributed by atoms with E-state index in [9.17, 15) is 9.90 Å². The van der Waals surface area contributed by atoms with Gasteiger partial charge in [0, 0.05) is 24.1 Å². The average molecular weight is 387 g/mol. The van der Waals surface area contributed by atoms with Crippen LogP contribution in [0.3, 0.4) is 0 Å². The molecule has 1 aliphatic rings. The number of hydrogen-bond acceptors (Lipinski definition) is 6. The topological polar surface area (TPSA) is 77.5 Å². The number of aromatic hydroxyl groups is 1. The fourth-order valence-electron chi connectivity index (χ4n) is 3.79. The van der Waals surface area contributed by atoms with Gasteiger partial charge >= 0.3 is 0 Å². The molecule has 0 saturated heterocycles. The van der Waals surface area contributed by atoms with Crippen LogP contribution in [0.25, 0.3) is 0 Å². The van der Waals surface area contributed by atoms with Crippen LogP contribution in [-0.4, -0.2) is 51.4 Å². The summed E-state index contributed by atoms with van der Waals surface area (Å²) in [5, 5.41) is 10.9. The minimum absolute atomic E-state index is 0.00439. The third kappa shape index (κ3) is 3.40. The van der Waals surface area contributed by atoms with E-state index in [0.29, 0.717) is 42.2 Å². The number of phenolic OH excluding ortho intramolecular Hbond substituents is 1. The van der Waals surface area contributed by atoms with E-state index in [1.807, 2.05) is 24.3 Å². The van der Waals surface area contributed by atoms with Gasteiger partial charge in [0.15, 0.2) is 11.5 Å². The number of ether oxygens (including phenoxy) is 4. The molecule has 2 aromatic rings. The van der Waals surface area contributed by atoms with E-state index in [0.717, 1.165) is 17.5 Å². The summed E-state index contributed by atoms with van der Waals surface area (Å²) < 4.78 is 21.5. The molecular weight excluding hydrogens is 362 g/mol. The Labute approximate surface area is 164 Å². The Balaban J connectivity index is 2.12. The monoisotopic (exact) mass is 387 g/mol. The number of fused-ring (bicyclic) bond motifs is 1. The lowest BCUT2D eigenvalue weighted by Crippen LogP contribution is -2.35. The van der Waals surface area contributed by atoms with E-state index in [-0.39, 0.29) is 17.5 Å². The first-order valence-electron chi connectivity index (χ1n) is 8.96. The summed E-state index contributed by atoms with van der Waals surface area (Å²) in [4.78, 5) is 13.5. The van der Waals surface area contributed by atoms with E-state index in [1.54, 1.807) is 19.1 Å². The Morgan fingerprint density at radius 2 is 1.82 bits per heavy atom. The van der Waals surface area contributed by atoms with Gasteiger partial charge in [-0.05, 0) is 36.2 Å². The number of rotatable bonds is 7. The van der Waals surface area contributed by atoms with Crippen molar-refractivity contribution < 1.29 is 28.8 Å². The lowest BCUT2D eigenvalue weighted by molar-refractivity contribution is -0.120. The van der Waals surface area contributed by atoms with Crippen LogP contribution >= 0.6 is 0 Å². The third-order valence-electron chi connectivity index (χ3n) is 5.18. The Hall–Kier alpha value is -3.09. The summed E-state index contributed by atoms with van der Waals surface area (Å²) in [5.74, 6) is 2.11. The van der Waals surface area contributed by atoms with Crippen molar-refractivity contribution in [1.82, 2.24) is 4.90 Å². The predicted octanol–water partition coefficient (Wildman–Crippen LogP) is 2.72. The van der Waals surface area contributed by atoms with Crippen molar-refractivity contribution >= 4 is 6.41 Å². The zero-order valence-corrected chi connectivity index (χ0v) is 16.5. The summed E-state index contributed by atoms with van der Waals surface area (Å²) >= 11 is 0. The first kappa shape index (κ1) is 19.7. The lowest BCUT2D eigenvalue weighted by Gasteiger charge is -2.36. The molecule has 0 radical (unpaired) electrons. The van der Waals surface area contributed by atoms with Gasteiger partial charge < -0.3 is 29.0 Å². The highest BCUT2D eigenvalue weighted by Crippen LogP contribution is 2.48. The fourth-order valence-corrected chi connectivity index (χ4v) is 3.79. The number of methoxy groups -OCH3 is 4. The molecule has 0 saturated carbocycles. The Kier molecular flexibility index (Phi) is 5.82. The van der Waals surface area contributed by atoms with Crippen LogP contribution in [-0.2, 0) is 17.6 Å². The van der Waals surface area contributed by atoms with E-state index < -0.39 is 0 Å². The second kappa shape index (κ2) is 8.29. The van der Waals surface area contributed by atoms with Crippen molar-refractivity contribution in [1.29, 1.82) is 0 Å². The molecule has 0 aliphatic carbocycles. The first-order chi connectivity index (χ1) is 13.6. The van der Waals surface area contributed by atoms with Crippen molar-refractivity contribution in [2.45, 2.75) is 18.9 Å². The molecule has 150 valence electrons. The first-order valence-corrected chi connectivity index (χ1v) is 8.96. The zero-order valence-electron chi connectivity index (χ0n) is 16.5. The van der Waals surface area contributed by atoms with Crippen molar-refractivity contribution in [3.8, 4) is 28.7 Å². The van der Waals surface area contributed by atoms with Crippen LogP contribution in [0.5, 0.6) is 28.7 Å². The molecule has 7 heteroatoms. The zero-order chi connectivity index (χ0) is 20.3. The molecule has 0 bridgehead atoms. The molecule has 1 atom stereocenters. The number of carbonyl (C=O) groups excluding carboxylic acids is 1. The van der Waals surface area contributed by atoms with Gasteiger partial charge in [0.1, 0.15) is 11.5 Å². The molecule has 1 N–H and O–H groups in total. The largest absolute Gasteiger partial charge is 0.504 e. The van der Waals surface area contributed by atoms with E-state index in [1.165, 1.54) is 14.2 Å². The molecule has 0 aromatic heterocycles. The van der Waals surface area contributed by atoms with Crippen LogP contribution in [0.1, 0.15) is 22.7 Å². The highest BCUT2D eigenvalue weighted by atomic mass is 16.5. The van der Waals surface area contributed by atoms with Gasteiger partial charge in [-0.2, -0.15) is 0 Å². The number of phenols is 1. The Morgan fingerprint density at radius 3 is 2.43 bits per heavy atom. The van der Waals surface area contributed by atoms with Crippen LogP contribution in [0, 0.1) is 0 Å². The maximum atomic E-state index is 11.8. The fraction of sp³-hybridized carbons (Fsp3) is 0.381. The van der Waals surface area contributed by atoms with Crippen molar-refractivity contribution in [2.75, 3.05) is 35.0 Å². The molecule has 1 unspecified atom stereocenters. The minimum Gasteiger partial charge on any atom is -0.504 e. The molecule has 3 rings (SSSR count). The van der Waals surface area contributed by atoms with E-state index >= 15 is 0 Å². The normalized spacial score (nSPS) is 15.6. The molecule has 0 spiro atoms.